The average Bonchev–Trinajstić information content (AvgIpc) is 2.49. The van der Waals surface area contributed by atoms with E-state index >= 15 is 0 Å². The summed E-state index contributed by atoms with van der Waals surface area (Å²) in [6.07, 6.45) is 0. The van der Waals surface area contributed by atoms with Crippen LogP contribution in [0.25, 0.3) is 0 Å². The van der Waals surface area contributed by atoms with Crippen molar-refractivity contribution in [1.29, 1.82) is 0 Å². The second-order valence-corrected chi connectivity index (χ2v) is 5.34. The van der Waals surface area contributed by atoms with Crippen molar-refractivity contribution in [2.45, 2.75) is 13.2 Å². The van der Waals surface area contributed by atoms with Crippen LogP contribution in [0.1, 0.15) is 11.1 Å². The Morgan fingerprint density at radius 1 is 1.14 bits per heavy atom. The molecule has 0 aromatic heterocycles. The highest BCUT2D eigenvalue weighted by molar-refractivity contribution is 9.10. The minimum atomic E-state index is -0.337. The molecule has 0 radical (unpaired) electrons. The van der Waals surface area contributed by atoms with Gasteiger partial charge in [0.15, 0.2) is 11.6 Å². The highest BCUT2D eigenvalue weighted by Crippen LogP contribution is 2.27. The monoisotopic (exact) mass is 353 g/mol. The van der Waals surface area contributed by atoms with E-state index < -0.39 is 0 Å². The second-order valence-electron chi connectivity index (χ2n) is 4.49. The van der Waals surface area contributed by atoms with E-state index in [1.54, 1.807) is 25.3 Å². The number of nitrogens with one attached hydrogen (secondary N) is 1. The Kier molecular flexibility index (Phi) is 5.59. The lowest BCUT2D eigenvalue weighted by atomic mass is 10.1. The SMILES string of the molecule is COCc1c(Br)cccc1NCc1cccc(OC)c1F. The van der Waals surface area contributed by atoms with Gasteiger partial charge in [0.25, 0.3) is 0 Å². The third-order valence-corrected chi connectivity index (χ3v) is 3.88. The van der Waals surface area contributed by atoms with Crippen LogP contribution in [0, 0.1) is 5.82 Å². The molecule has 0 saturated heterocycles. The van der Waals surface area contributed by atoms with E-state index in [4.69, 9.17) is 9.47 Å². The van der Waals surface area contributed by atoms with Gasteiger partial charge >= 0.3 is 0 Å². The van der Waals surface area contributed by atoms with Crippen LogP contribution in [0.4, 0.5) is 10.1 Å². The second kappa shape index (κ2) is 7.43. The van der Waals surface area contributed by atoms with E-state index in [2.05, 4.69) is 21.2 Å². The van der Waals surface area contributed by atoms with Crippen LogP contribution in [0.5, 0.6) is 5.75 Å². The van der Waals surface area contributed by atoms with Gasteiger partial charge in [-0.2, -0.15) is 0 Å². The fraction of sp³-hybridized carbons (Fsp3) is 0.250. The Morgan fingerprint density at radius 3 is 2.62 bits per heavy atom. The van der Waals surface area contributed by atoms with Crippen molar-refractivity contribution >= 4 is 21.6 Å². The van der Waals surface area contributed by atoms with Crippen molar-refractivity contribution in [3.63, 3.8) is 0 Å². The quantitative estimate of drug-likeness (QED) is 0.836. The maximum absolute atomic E-state index is 14.1. The van der Waals surface area contributed by atoms with Crippen molar-refractivity contribution in [2.24, 2.45) is 0 Å². The predicted octanol–water partition coefficient (Wildman–Crippen LogP) is 4.36. The minimum absolute atomic E-state index is 0.251. The third-order valence-electron chi connectivity index (χ3n) is 3.14. The fourth-order valence-electron chi connectivity index (χ4n) is 2.06. The third kappa shape index (κ3) is 3.74. The maximum atomic E-state index is 14.1. The van der Waals surface area contributed by atoms with E-state index in [1.165, 1.54) is 7.11 Å². The summed E-state index contributed by atoms with van der Waals surface area (Å²) in [7, 11) is 3.10. The van der Waals surface area contributed by atoms with Gasteiger partial charge in [-0.3, -0.25) is 0 Å². The van der Waals surface area contributed by atoms with Gasteiger partial charge in [0.05, 0.1) is 13.7 Å². The molecule has 0 aliphatic carbocycles. The first-order valence-corrected chi connectivity index (χ1v) is 7.28. The molecule has 1 N–H and O–H groups in total. The van der Waals surface area contributed by atoms with Crippen molar-refractivity contribution < 1.29 is 13.9 Å². The molecule has 0 saturated carbocycles. The first-order chi connectivity index (χ1) is 10.2. The van der Waals surface area contributed by atoms with Crippen LogP contribution in [0.15, 0.2) is 40.9 Å². The number of rotatable bonds is 6. The summed E-state index contributed by atoms with van der Waals surface area (Å²) < 4.78 is 25.2. The number of halogens is 2. The standard InChI is InChI=1S/C16H17BrFNO2/c1-20-10-12-13(17)6-4-7-14(12)19-9-11-5-3-8-15(21-2)16(11)18/h3-8,19H,9-10H2,1-2H3. The molecule has 0 spiro atoms. The molecular weight excluding hydrogens is 337 g/mol. The number of ether oxygens (including phenoxy) is 2. The molecule has 0 fully saturated rings. The minimum Gasteiger partial charge on any atom is -0.494 e. The molecule has 112 valence electrons. The molecule has 0 amide bonds. The van der Waals surface area contributed by atoms with Crippen LogP contribution in [-0.4, -0.2) is 14.2 Å². The van der Waals surface area contributed by atoms with Gasteiger partial charge < -0.3 is 14.8 Å². The largest absolute Gasteiger partial charge is 0.494 e. The smallest absolute Gasteiger partial charge is 0.170 e. The van der Waals surface area contributed by atoms with Gasteiger partial charge in [0.2, 0.25) is 0 Å². The maximum Gasteiger partial charge on any atom is 0.170 e. The topological polar surface area (TPSA) is 30.5 Å². The highest BCUT2D eigenvalue weighted by Gasteiger charge is 2.10. The van der Waals surface area contributed by atoms with E-state index in [0.29, 0.717) is 18.7 Å². The summed E-state index contributed by atoms with van der Waals surface area (Å²) in [5, 5.41) is 3.24. The van der Waals surface area contributed by atoms with Gasteiger partial charge in [-0.05, 0) is 18.2 Å². The summed E-state index contributed by atoms with van der Waals surface area (Å²) in [5.74, 6) is -0.0866. The van der Waals surface area contributed by atoms with Crippen molar-refractivity contribution in [3.05, 3.63) is 57.8 Å². The average molecular weight is 354 g/mol. The van der Waals surface area contributed by atoms with E-state index in [0.717, 1.165) is 15.7 Å². The molecule has 2 aromatic rings. The Balaban J connectivity index is 2.19. The number of hydrogen-bond acceptors (Lipinski definition) is 3. The molecule has 2 aromatic carbocycles. The number of anilines is 1. The zero-order chi connectivity index (χ0) is 15.2. The van der Waals surface area contributed by atoms with E-state index in [9.17, 15) is 4.39 Å². The molecule has 21 heavy (non-hydrogen) atoms. The molecule has 3 nitrogen and oxygen atoms in total. The highest BCUT2D eigenvalue weighted by atomic mass is 79.9. The van der Waals surface area contributed by atoms with Gasteiger partial charge in [-0.1, -0.05) is 34.1 Å². The van der Waals surface area contributed by atoms with Crippen molar-refractivity contribution in [2.75, 3.05) is 19.5 Å². The molecule has 0 bridgehead atoms. The first-order valence-electron chi connectivity index (χ1n) is 6.49. The summed E-state index contributed by atoms with van der Waals surface area (Å²) in [6, 6.07) is 10.9. The molecule has 0 heterocycles. The van der Waals surface area contributed by atoms with E-state index in [-0.39, 0.29) is 11.6 Å². The zero-order valence-corrected chi connectivity index (χ0v) is 13.5. The summed E-state index contributed by atoms with van der Waals surface area (Å²) >= 11 is 3.50. The van der Waals surface area contributed by atoms with Gasteiger partial charge in [0, 0.05) is 34.9 Å². The van der Waals surface area contributed by atoms with Crippen LogP contribution < -0.4 is 10.1 Å². The summed E-state index contributed by atoms with van der Waals surface area (Å²) in [4.78, 5) is 0. The lowest BCUT2D eigenvalue weighted by molar-refractivity contribution is 0.185. The van der Waals surface area contributed by atoms with Gasteiger partial charge in [0.1, 0.15) is 0 Å². The van der Waals surface area contributed by atoms with Crippen molar-refractivity contribution in [1.82, 2.24) is 0 Å². The van der Waals surface area contributed by atoms with E-state index in [1.807, 2.05) is 18.2 Å². The molecule has 5 heteroatoms. The molecule has 0 aliphatic heterocycles. The molecule has 2 rings (SSSR count). The summed E-state index contributed by atoms with van der Waals surface area (Å²) in [5.41, 5.74) is 2.47. The molecule has 0 atom stereocenters. The van der Waals surface area contributed by atoms with Crippen molar-refractivity contribution in [3.8, 4) is 5.75 Å². The van der Waals surface area contributed by atoms with Crippen LogP contribution in [0.3, 0.4) is 0 Å². The normalized spacial score (nSPS) is 10.5. The van der Waals surface area contributed by atoms with Crippen LogP contribution in [0.2, 0.25) is 0 Å². The molecular formula is C16H17BrFNO2. The lowest BCUT2D eigenvalue weighted by Crippen LogP contribution is -2.06. The molecule has 0 aliphatic rings. The zero-order valence-electron chi connectivity index (χ0n) is 12.0. The Bertz CT molecular complexity index is 619. The number of benzene rings is 2. The van der Waals surface area contributed by atoms with Crippen LogP contribution >= 0.6 is 15.9 Å². The summed E-state index contributed by atoms with van der Waals surface area (Å²) in [6.45, 7) is 0.848. The Morgan fingerprint density at radius 2 is 1.90 bits per heavy atom. The number of methoxy groups -OCH3 is 2. The molecule has 0 unspecified atom stereocenters. The lowest BCUT2D eigenvalue weighted by Gasteiger charge is -2.14. The Hall–Kier alpha value is -1.59. The number of hydrogen-bond donors (Lipinski definition) is 1. The fourth-order valence-corrected chi connectivity index (χ4v) is 2.54. The van der Waals surface area contributed by atoms with Gasteiger partial charge in [-0.25, -0.2) is 4.39 Å². The Labute approximate surface area is 132 Å². The van der Waals surface area contributed by atoms with Gasteiger partial charge in [-0.15, -0.1) is 0 Å². The first kappa shape index (κ1) is 15.8. The van der Waals surface area contributed by atoms with Crippen LogP contribution in [-0.2, 0) is 17.9 Å². The predicted molar refractivity (Wildman–Crippen MR) is 85.1 cm³/mol.